The lowest BCUT2D eigenvalue weighted by atomic mass is 10.1. The van der Waals surface area contributed by atoms with Crippen LogP contribution in [0.5, 0.6) is 0 Å². The van der Waals surface area contributed by atoms with Crippen LogP contribution in [-0.4, -0.2) is 39.7 Å². The van der Waals surface area contributed by atoms with Gasteiger partial charge in [-0.3, -0.25) is 9.36 Å². The maximum atomic E-state index is 13.5. The Kier molecular flexibility index (Phi) is 6.66. The van der Waals surface area contributed by atoms with Gasteiger partial charge >= 0.3 is 6.03 Å². The third-order valence-electron chi connectivity index (χ3n) is 6.85. The van der Waals surface area contributed by atoms with Gasteiger partial charge in [0.1, 0.15) is 5.52 Å². The number of fused-ring (bicyclic) bond motifs is 1. The number of nitrogens with one attached hydrogen (secondary N) is 2. The predicted octanol–water partition coefficient (Wildman–Crippen LogP) is 4.25. The van der Waals surface area contributed by atoms with Gasteiger partial charge in [-0.15, -0.1) is 0 Å². The third kappa shape index (κ3) is 4.93. The first kappa shape index (κ1) is 23.5. The van der Waals surface area contributed by atoms with E-state index in [-0.39, 0.29) is 17.6 Å². The number of carbonyl (C=O) groups is 1. The van der Waals surface area contributed by atoms with Crippen LogP contribution in [0, 0.1) is 13.8 Å². The lowest BCUT2D eigenvalue weighted by Gasteiger charge is -2.33. The van der Waals surface area contributed by atoms with Crippen LogP contribution >= 0.6 is 0 Å². The molecule has 8 heteroatoms. The minimum Gasteiger partial charge on any atom is -0.352 e. The zero-order valence-corrected chi connectivity index (χ0v) is 20.6. The molecule has 2 aromatic heterocycles. The van der Waals surface area contributed by atoms with Crippen LogP contribution in [-0.2, 0) is 6.54 Å². The zero-order valence-electron chi connectivity index (χ0n) is 20.6. The molecule has 1 saturated heterocycles. The van der Waals surface area contributed by atoms with Crippen molar-refractivity contribution in [3.05, 3.63) is 93.9 Å². The van der Waals surface area contributed by atoms with Crippen LogP contribution in [0.4, 0.5) is 16.3 Å². The number of hydrogen-bond acceptors (Lipinski definition) is 5. The molecular formula is C28H30N6O2. The van der Waals surface area contributed by atoms with Gasteiger partial charge in [0.2, 0.25) is 0 Å². The molecule has 1 aliphatic heterocycles. The molecule has 36 heavy (non-hydrogen) atoms. The molecule has 0 spiro atoms. The number of pyridine rings is 1. The average Bonchev–Trinajstić information content (AvgIpc) is 2.89. The minimum absolute atomic E-state index is 0.0278. The molecule has 3 heterocycles. The van der Waals surface area contributed by atoms with Gasteiger partial charge in [0.15, 0.2) is 11.5 Å². The molecule has 8 nitrogen and oxygen atoms in total. The summed E-state index contributed by atoms with van der Waals surface area (Å²) in [7, 11) is 0. The van der Waals surface area contributed by atoms with Crippen molar-refractivity contribution in [1.82, 2.24) is 19.9 Å². The Hall–Kier alpha value is -4.20. The van der Waals surface area contributed by atoms with Gasteiger partial charge in [0.25, 0.3) is 5.56 Å². The smallest absolute Gasteiger partial charge is 0.319 e. The second-order valence-electron chi connectivity index (χ2n) is 9.27. The minimum atomic E-state index is -0.206. The summed E-state index contributed by atoms with van der Waals surface area (Å²) in [6.45, 7) is 5.72. The topological polar surface area (TPSA) is 92.2 Å². The zero-order chi connectivity index (χ0) is 25.1. The third-order valence-corrected chi connectivity index (χ3v) is 6.85. The van der Waals surface area contributed by atoms with Gasteiger partial charge in [-0.1, -0.05) is 42.5 Å². The first-order chi connectivity index (χ1) is 17.5. The summed E-state index contributed by atoms with van der Waals surface area (Å²) in [6, 6.07) is 19.3. The van der Waals surface area contributed by atoms with Crippen LogP contribution < -0.4 is 21.1 Å². The lowest BCUT2D eigenvalue weighted by molar-refractivity contribution is 0.246. The van der Waals surface area contributed by atoms with Gasteiger partial charge in [-0.25, -0.2) is 14.8 Å². The van der Waals surface area contributed by atoms with Gasteiger partial charge in [-0.2, -0.15) is 0 Å². The van der Waals surface area contributed by atoms with Crippen molar-refractivity contribution in [3.63, 3.8) is 0 Å². The number of carbonyl (C=O) groups excluding carboxylic acids is 1. The van der Waals surface area contributed by atoms with Crippen molar-refractivity contribution in [2.24, 2.45) is 0 Å². The fourth-order valence-corrected chi connectivity index (χ4v) is 4.65. The van der Waals surface area contributed by atoms with E-state index in [2.05, 4.69) is 15.6 Å². The summed E-state index contributed by atoms with van der Waals surface area (Å²) in [4.78, 5) is 37.3. The first-order valence-electron chi connectivity index (χ1n) is 12.3. The Bertz CT molecular complexity index is 1440. The van der Waals surface area contributed by atoms with E-state index in [1.807, 2.05) is 79.4 Å². The molecule has 0 unspecified atom stereocenters. The number of benzene rings is 2. The summed E-state index contributed by atoms with van der Waals surface area (Å²) in [6.07, 6.45) is 3.14. The Balaban J connectivity index is 1.30. The van der Waals surface area contributed by atoms with E-state index in [1.165, 1.54) is 0 Å². The summed E-state index contributed by atoms with van der Waals surface area (Å²) in [5, 5.41) is 6.05. The van der Waals surface area contributed by atoms with Gasteiger partial charge in [0.05, 0.1) is 6.54 Å². The Morgan fingerprint density at radius 2 is 1.78 bits per heavy atom. The van der Waals surface area contributed by atoms with Crippen LogP contribution in [0.2, 0.25) is 0 Å². The van der Waals surface area contributed by atoms with E-state index < -0.39 is 0 Å². The molecule has 0 bridgehead atoms. The number of urea groups is 1. The van der Waals surface area contributed by atoms with E-state index in [0.717, 1.165) is 35.2 Å². The maximum Gasteiger partial charge on any atom is 0.319 e. The lowest BCUT2D eigenvalue weighted by Crippen LogP contribution is -2.47. The van der Waals surface area contributed by atoms with Crippen molar-refractivity contribution in [1.29, 1.82) is 0 Å². The van der Waals surface area contributed by atoms with Gasteiger partial charge in [0, 0.05) is 31.0 Å². The van der Waals surface area contributed by atoms with E-state index in [1.54, 1.807) is 10.8 Å². The number of hydrogen-bond donors (Lipinski definition) is 2. The molecule has 184 valence electrons. The van der Waals surface area contributed by atoms with E-state index in [9.17, 15) is 9.59 Å². The van der Waals surface area contributed by atoms with E-state index in [0.29, 0.717) is 36.6 Å². The molecule has 2 amide bonds. The van der Waals surface area contributed by atoms with E-state index >= 15 is 0 Å². The van der Waals surface area contributed by atoms with Crippen LogP contribution in [0.15, 0.2) is 71.7 Å². The second kappa shape index (κ2) is 10.2. The number of amides is 2. The van der Waals surface area contributed by atoms with Crippen molar-refractivity contribution in [3.8, 4) is 0 Å². The van der Waals surface area contributed by atoms with Crippen LogP contribution in [0.3, 0.4) is 0 Å². The van der Waals surface area contributed by atoms with Crippen LogP contribution in [0.1, 0.15) is 29.5 Å². The quantitative estimate of drug-likeness (QED) is 0.444. The maximum absolute atomic E-state index is 13.5. The summed E-state index contributed by atoms with van der Waals surface area (Å²) in [5.41, 5.74) is 5.16. The second-order valence-corrected chi connectivity index (χ2v) is 9.27. The molecule has 1 fully saturated rings. The van der Waals surface area contributed by atoms with Crippen molar-refractivity contribution < 1.29 is 4.79 Å². The Labute approximate surface area is 210 Å². The Morgan fingerprint density at radius 3 is 2.56 bits per heavy atom. The summed E-state index contributed by atoms with van der Waals surface area (Å²) in [5.74, 6) is 0.435. The standard InChI is InChI=1S/C28H30N6O2/c1-19-8-6-11-23(20(19)2)32-28(36)30-22-13-16-33(17-14-22)26-27(35)34(18-21-9-4-3-5-10-21)25-24(31-26)12-7-15-29-25/h3-12,15,22H,13-14,16-18H2,1-2H3,(H2,30,32,36). The van der Waals surface area contributed by atoms with Crippen LogP contribution in [0.25, 0.3) is 11.2 Å². The first-order valence-corrected chi connectivity index (χ1v) is 12.3. The molecule has 2 N–H and O–H groups in total. The van der Waals surface area contributed by atoms with E-state index in [4.69, 9.17) is 4.98 Å². The number of piperidine rings is 1. The molecule has 5 rings (SSSR count). The normalized spacial score (nSPS) is 14.1. The molecular weight excluding hydrogens is 452 g/mol. The Morgan fingerprint density at radius 1 is 1.00 bits per heavy atom. The molecule has 0 saturated carbocycles. The fourth-order valence-electron chi connectivity index (χ4n) is 4.65. The predicted molar refractivity (Wildman–Crippen MR) is 143 cm³/mol. The molecule has 0 aliphatic carbocycles. The molecule has 0 atom stereocenters. The highest BCUT2D eigenvalue weighted by Crippen LogP contribution is 2.20. The number of aromatic nitrogens is 3. The highest BCUT2D eigenvalue weighted by molar-refractivity contribution is 5.90. The number of aryl methyl sites for hydroxylation is 1. The monoisotopic (exact) mass is 482 g/mol. The SMILES string of the molecule is Cc1cccc(NC(=O)NC2CCN(c3nc4cccnc4n(Cc4ccccc4)c3=O)CC2)c1C. The van der Waals surface area contributed by atoms with Crippen molar-refractivity contribution in [2.45, 2.75) is 39.3 Å². The van der Waals surface area contributed by atoms with Crippen molar-refractivity contribution >= 4 is 28.7 Å². The molecule has 4 aromatic rings. The van der Waals surface area contributed by atoms with Crippen molar-refractivity contribution in [2.75, 3.05) is 23.3 Å². The van der Waals surface area contributed by atoms with Gasteiger partial charge < -0.3 is 15.5 Å². The number of nitrogens with zero attached hydrogens (tertiary/aromatic N) is 4. The average molecular weight is 483 g/mol. The number of anilines is 2. The highest BCUT2D eigenvalue weighted by atomic mass is 16.2. The highest BCUT2D eigenvalue weighted by Gasteiger charge is 2.25. The summed E-state index contributed by atoms with van der Waals surface area (Å²) < 4.78 is 1.70. The molecule has 1 aliphatic rings. The summed E-state index contributed by atoms with van der Waals surface area (Å²) >= 11 is 0. The van der Waals surface area contributed by atoms with Gasteiger partial charge in [-0.05, 0) is 61.6 Å². The largest absolute Gasteiger partial charge is 0.352 e. The molecule has 0 radical (unpaired) electrons. The number of rotatable bonds is 5. The fraction of sp³-hybridized carbons (Fsp3) is 0.286. The molecule has 2 aromatic carbocycles.